The number of benzene rings is 1. The average molecular weight is 354 g/mol. The van der Waals surface area contributed by atoms with Gasteiger partial charge in [-0.15, -0.1) is 0 Å². The molecular weight excluding hydrogens is 335 g/mol. The van der Waals surface area contributed by atoms with Crippen molar-refractivity contribution in [1.82, 2.24) is 14.4 Å². The minimum atomic E-state index is -0.622. The molecule has 1 aromatic carbocycles. The van der Waals surface area contributed by atoms with Gasteiger partial charge in [-0.25, -0.2) is 19.2 Å². The number of carbonyl (C=O) groups is 1. The summed E-state index contributed by atoms with van der Waals surface area (Å²) in [6.07, 6.45) is 6.16. The van der Waals surface area contributed by atoms with E-state index in [0.29, 0.717) is 17.2 Å². The van der Waals surface area contributed by atoms with E-state index in [1.165, 1.54) is 18.2 Å². The molecule has 2 heterocycles. The Morgan fingerprint density at radius 2 is 2.12 bits per heavy atom. The Kier molecular flexibility index (Phi) is 4.46. The molecule has 0 radical (unpaired) electrons. The topological polar surface area (TPSA) is 68.5 Å². The highest BCUT2D eigenvalue weighted by Crippen LogP contribution is 2.26. The van der Waals surface area contributed by atoms with Crippen LogP contribution in [0.3, 0.4) is 0 Å². The van der Waals surface area contributed by atoms with E-state index in [0.717, 1.165) is 5.56 Å². The zero-order chi connectivity index (χ0) is 18.9. The number of ether oxygens (including phenoxy) is 1. The standard InChI is InChI=1S/C19H19FN4O2/c1-5-12-9-21-17-23-16(11-24(17)10-12)14-8-13(6-7-15(14)20)22-18(25)26-19(2,3)4/h5-11H,1H2,2-4H3,(H,22,25). The van der Waals surface area contributed by atoms with Crippen molar-refractivity contribution >= 4 is 23.6 Å². The van der Waals surface area contributed by atoms with E-state index >= 15 is 0 Å². The monoisotopic (exact) mass is 354 g/mol. The van der Waals surface area contributed by atoms with Crippen LogP contribution >= 0.6 is 0 Å². The van der Waals surface area contributed by atoms with Crippen LogP contribution in [0, 0.1) is 5.82 Å². The molecule has 3 aromatic rings. The molecule has 0 fully saturated rings. The molecule has 1 amide bonds. The fourth-order valence-electron chi connectivity index (χ4n) is 2.36. The Morgan fingerprint density at radius 3 is 2.81 bits per heavy atom. The van der Waals surface area contributed by atoms with Gasteiger partial charge >= 0.3 is 6.09 Å². The van der Waals surface area contributed by atoms with Gasteiger partial charge in [-0.05, 0) is 39.0 Å². The lowest BCUT2D eigenvalue weighted by atomic mass is 10.1. The van der Waals surface area contributed by atoms with Crippen molar-refractivity contribution in [3.63, 3.8) is 0 Å². The van der Waals surface area contributed by atoms with E-state index in [2.05, 4.69) is 21.9 Å². The van der Waals surface area contributed by atoms with Crippen molar-refractivity contribution in [3.8, 4) is 11.3 Å². The number of amides is 1. The number of rotatable bonds is 3. The number of nitrogens with zero attached hydrogens (tertiary/aromatic N) is 3. The summed E-state index contributed by atoms with van der Waals surface area (Å²) >= 11 is 0. The van der Waals surface area contributed by atoms with Gasteiger partial charge in [0, 0.05) is 35.4 Å². The Labute approximate surface area is 150 Å². The SMILES string of the molecule is C=Cc1cnc2nc(-c3cc(NC(=O)OC(C)(C)C)ccc3F)cn2c1. The molecule has 3 rings (SSSR count). The molecule has 0 unspecified atom stereocenters. The van der Waals surface area contributed by atoms with Gasteiger partial charge in [-0.1, -0.05) is 12.7 Å². The summed E-state index contributed by atoms with van der Waals surface area (Å²) in [5.74, 6) is -0.0115. The Morgan fingerprint density at radius 1 is 1.35 bits per heavy atom. The van der Waals surface area contributed by atoms with Crippen LogP contribution in [0.4, 0.5) is 14.9 Å². The largest absolute Gasteiger partial charge is 0.444 e. The summed E-state index contributed by atoms with van der Waals surface area (Å²) in [6.45, 7) is 9.00. The molecule has 0 aliphatic heterocycles. The number of halogens is 1. The first-order valence-corrected chi connectivity index (χ1v) is 8.02. The molecule has 0 atom stereocenters. The highest BCUT2D eigenvalue weighted by atomic mass is 19.1. The molecule has 0 saturated carbocycles. The van der Waals surface area contributed by atoms with E-state index in [9.17, 15) is 9.18 Å². The number of aromatic nitrogens is 3. The minimum Gasteiger partial charge on any atom is -0.444 e. The first-order valence-electron chi connectivity index (χ1n) is 8.02. The molecule has 7 heteroatoms. The highest BCUT2D eigenvalue weighted by Gasteiger charge is 2.17. The van der Waals surface area contributed by atoms with Crippen molar-refractivity contribution in [2.45, 2.75) is 26.4 Å². The lowest BCUT2D eigenvalue weighted by Crippen LogP contribution is -2.27. The first-order chi connectivity index (χ1) is 12.2. The predicted molar refractivity (Wildman–Crippen MR) is 98.3 cm³/mol. The van der Waals surface area contributed by atoms with Crippen molar-refractivity contribution < 1.29 is 13.9 Å². The van der Waals surface area contributed by atoms with Crippen molar-refractivity contribution in [2.24, 2.45) is 0 Å². The second kappa shape index (κ2) is 6.59. The number of nitrogens with one attached hydrogen (secondary N) is 1. The first kappa shape index (κ1) is 17.6. The van der Waals surface area contributed by atoms with Gasteiger partial charge in [0.25, 0.3) is 0 Å². The molecule has 26 heavy (non-hydrogen) atoms. The normalized spacial score (nSPS) is 11.4. The number of imidazole rings is 1. The maximum absolute atomic E-state index is 14.3. The third-order valence-corrected chi connectivity index (χ3v) is 3.45. The van der Waals surface area contributed by atoms with Gasteiger partial charge in [0.2, 0.25) is 5.78 Å². The summed E-state index contributed by atoms with van der Waals surface area (Å²) in [4.78, 5) is 20.4. The van der Waals surface area contributed by atoms with E-state index in [-0.39, 0.29) is 5.56 Å². The molecule has 0 aliphatic rings. The van der Waals surface area contributed by atoms with Crippen molar-refractivity contribution in [3.05, 3.63) is 54.7 Å². The predicted octanol–water partition coefficient (Wildman–Crippen LogP) is 4.53. The molecule has 0 saturated heterocycles. The number of anilines is 1. The summed E-state index contributed by atoms with van der Waals surface area (Å²) in [6, 6.07) is 4.25. The Bertz CT molecular complexity index is 989. The fourth-order valence-corrected chi connectivity index (χ4v) is 2.36. The summed E-state index contributed by atoms with van der Waals surface area (Å²) in [5, 5.41) is 2.60. The molecular formula is C19H19FN4O2. The second-order valence-corrected chi connectivity index (χ2v) is 6.75. The van der Waals surface area contributed by atoms with Crippen LogP contribution in [0.2, 0.25) is 0 Å². The number of hydrogen-bond donors (Lipinski definition) is 1. The number of fused-ring (bicyclic) bond motifs is 1. The average Bonchev–Trinajstić information content (AvgIpc) is 2.97. The second-order valence-electron chi connectivity index (χ2n) is 6.75. The maximum atomic E-state index is 14.3. The van der Waals surface area contributed by atoms with Crippen molar-refractivity contribution in [1.29, 1.82) is 0 Å². The summed E-state index contributed by atoms with van der Waals surface area (Å²) < 4.78 is 21.2. The Balaban J connectivity index is 1.92. The van der Waals surface area contributed by atoms with E-state index < -0.39 is 17.5 Å². The quantitative estimate of drug-likeness (QED) is 0.750. The summed E-state index contributed by atoms with van der Waals surface area (Å²) in [5.41, 5.74) is 1.27. The molecule has 1 N–H and O–H groups in total. The van der Waals surface area contributed by atoms with E-state index in [1.54, 1.807) is 49.8 Å². The van der Waals surface area contributed by atoms with Gasteiger partial charge in [0.05, 0.1) is 5.69 Å². The van der Waals surface area contributed by atoms with Crippen LogP contribution in [0.25, 0.3) is 23.1 Å². The molecule has 0 bridgehead atoms. The van der Waals surface area contributed by atoms with Crippen molar-refractivity contribution in [2.75, 3.05) is 5.32 Å². The number of carbonyl (C=O) groups excluding carboxylic acids is 1. The number of hydrogen-bond acceptors (Lipinski definition) is 4. The van der Waals surface area contributed by atoms with Gasteiger partial charge < -0.3 is 4.74 Å². The van der Waals surface area contributed by atoms with Crippen LogP contribution < -0.4 is 5.32 Å². The molecule has 0 spiro atoms. The molecule has 134 valence electrons. The van der Waals surface area contributed by atoms with Crippen LogP contribution in [0.15, 0.2) is 43.4 Å². The van der Waals surface area contributed by atoms with Gasteiger partial charge in [-0.2, -0.15) is 0 Å². The lowest BCUT2D eigenvalue weighted by Gasteiger charge is -2.19. The lowest BCUT2D eigenvalue weighted by molar-refractivity contribution is 0.0636. The van der Waals surface area contributed by atoms with Gasteiger partial charge in [0.15, 0.2) is 0 Å². The zero-order valence-corrected chi connectivity index (χ0v) is 14.8. The zero-order valence-electron chi connectivity index (χ0n) is 14.8. The molecule has 2 aromatic heterocycles. The van der Waals surface area contributed by atoms with E-state index in [1.807, 2.05) is 0 Å². The minimum absolute atomic E-state index is 0.254. The molecule has 6 nitrogen and oxygen atoms in total. The highest BCUT2D eigenvalue weighted by molar-refractivity contribution is 5.86. The van der Waals surface area contributed by atoms with Gasteiger partial charge in [-0.3, -0.25) is 9.72 Å². The fraction of sp³-hybridized carbons (Fsp3) is 0.211. The third kappa shape index (κ3) is 3.88. The van der Waals surface area contributed by atoms with E-state index in [4.69, 9.17) is 4.74 Å². The Hall–Kier alpha value is -3.22. The van der Waals surface area contributed by atoms with Crippen LogP contribution in [0.1, 0.15) is 26.3 Å². The van der Waals surface area contributed by atoms with Gasteiger partial charge in [0.1, 0.15) is 11.4 Å². The maximum Gasteiger partial charge on any atom is 0.412 e. The molecule has 0 aliphatic carbocycles. The van der Waals surface area contributed by atoms with Crippen LogP contribution in [0.5, 0.6) is 0 Å². The van der Waals surface area contributed by atoms with Crippen LogP contribution in [-0.4, -0.2) is 26.1 Å². The smallest absolute Gasteiger partial charge is 0.412 e. The summed E-state index contributed by atoms with van der Waals surface area (Å²) in [7, 11) is 0. The van der Waals surface area contributed by atoms with Crippen LogP contribution in [-0.2, 0) is 4.74 Å². The third-order valence-electron chi connectivity index (χ3n) is 3.45.